The largest absolute Gasteiger partial charge is 0.493 e. The zero-order valence-electron chi connectivity index (χ0n) is 12.7. The van der Waals surface area contributed by atoms with Gasteiger partial charge in [-0.25, -0.2) is 0 Å². The van der Waals surface area contributed by atoms with Crippen LogP contribution in [0.25, 0.3) is 0 Å². The van der Waals surface area contributed by atoms with Crippen molar-refractivity contribution in [1.29, 1.82) is 0 Å². The molecule has 2 heteroatoms. The predicted octanol–water partition coefficient (Wildman–Crippen LogP) is 3.97. The minimum atomic E-state index is 0.395. The lowest BCUT2D eigenvalue weighted by molar-refractivity contribution is 0.268. The van der Waals surface area contributed by atoms with Crippen molar-refractivity contribution >= 4 is 0 Å². The second-order valence-corrected chi connectivity index (χ2v) is 6.72. The summed E-state index contributed by atoms with van der Waals surface area (Å²) in [5, 5.41) is 3.66. The zero-order valence-corrected chi connectivity index (χ0v) is 12.7. The van der Waals surface area contributed by atoms with Gasteiger partial charge in [0.25, 0.3) is 0 Å². The second kappa shape index (κ2) is 5.96. The molecule has 0 fully saturated rings. The fourth-order valence-electron chi connectivity index (χ4n) is 2.82. The van der Waals surface area contributed by atoms with Gasteiger partial charge in [0, 0.05) is 17.5 Å². The van der Waals surface area contributed by atoms with Gasteiger partial charge in [0.2, 0.25) is 0 Å². The smallest absolute Gasteiger partial charge is 0.122 e. The van der Waals surface area contributed by atoms with E-state index in [1.54, 1.807) is 0 Å². The number of ether oxygens (including phenoxy) is 1. The Morgan fingerprint density at radius 3 is 2.74 bits per heavy atom. The van der Waals surface area contributed by atoms with E-state index in [4.69, 9.17) is 4.74 Å². The highest BCUT2D eigenvalue weighted by atomic mass is 16.5. The number of hydrogen-bond acceptors (Lipinski definition) is 2. The first-order chi connectivity index (χ1) is 9.01. The maximum Gasteiger partial charge on any atom is 0.122 e. The number of likely N-dealkylation sites (N-methyl/N-ethyl adjacent to an activating group) is 1. The van der Waals surface area contributed by atoms with Crippen molar-refractivity contribution in [1.82, 2.24) is 5.32 Å². The van der Waals surface area contributed by atoms with Gasteiger partial charge in [-0.15, -0.1) is 0 Å². The van der Waals surface area contributed by atoms with E-state index in [9.17, 15) is 0 Å². The van der Waals surface area contributed by atoms with E-state index in [-0.39, 0.29) is 0 Å². The molecule has 1 aliphatic rings. The molecule has 106 valence electrons. The predicted molar refractivity (Wildman–Crippen MR) is 80.8 cm³/mol. The Bertz CT molecular complexity index is 408. The molecule has 1 heterocycles. The van der Waals surface area contributed by atoms with Gasteiger partial charge in [0.05, 0.1) is 6.61 Å². The maximum atomic E-state index is 5.83. The van der Waals surface area contributed by atoms with Crippen molar-refractivity contribution in [2.45, 2.75) is 52.5 Å². The van der Waals surface area contributed by atoms with Crippen LogP contribution in [-0.4, -0.2) is 19.2 Å². The average molecular weight is 261 g/mol. The van der Waals surface area contributed by atoms with Crippen LogP contribution in [0.5, 0.6) is 5.75 Å². The Morgan fingerprint density at radius 1 is 1.32 bits per heavy atom. The molecule has 0 bridgehead atoms. The average Bonchev–Trinajstić information content (AvgIpc) is 2.77. The fourth-order valence-corrected chi connectivity index (χ4v) is 2.82. The minimum Gasteiger partial charge on any atom is -0.493 e. The quantitative estimate of drug-likeness (QED) is 0.866. The van der Waals surface area contributed by atoms with Gasteiger partial charge < -0.3 is 10.1 Å². The molecule has 2 rings (SSSR count). The summed E-state index contributed by atoms with van der Waals surface area (Å²) >= 11 is 0. The number of nitrogens with one attached hydrogen (secondary N) is 1. The van der Waals surface area contributed by atoms with Gasteiger partial charge >= 0.3 is 0 Å². The standard InChI is InChI=1S/C17H27NO/c1-5-18-15(10-11-17(2,3)4)14-12-19-16-9-7-6-8-13(14)16/h6-9,14-15,18H,5,10-12H2,1-4H3. The van der Waals surface area contributed by atoms with E-state index in [1.165, 1.54) is 18.4 Å². The molecular formula is C17H27NO. The van der Waals surface area contributed by atoms with Gasteiger partial charge in [-0.1, -0.05) is 45.9 Å². The van der Waals surface area contributed by atoms with Crippen LogP contribution < -0.4 is 10.1 Å². The van der Waals surface area contributed by atoms with Gasteiger partial charge in [-0.2, -0.15) is 0 Å². The first kappa shape index (κ1) is 14.4. The minimum absolute atomic E-state index is 0.395. The maximum absolute atomic E-state index is 5.83. The molecule has 19 heavy (non-hydrogen) atoms. The summed E-state index contributed by atoms with van der Waals surface area (Å²) in [4.78, 5) is 0. The monoisotopic (exact) mass is 261 g/mol. The lowest BCUT2D eigenvalue weighted by atomic mass is 9.83. The Labute approximate surface area is 117 Å². The first-order valence-electron chi connectivity index (χ1n) is 7.46. The molecule has 1 aliphatic heterocycles. The number of fused-ring (bicyclic) bond motifs is 1. The molecule has 0 amide bonds. The molecule has 0 aliphatic carbocycles. The van der Waals surface area contributed by atoms with Gasteiger partial charge in [0.15, 0.2) is 0 Å². The number of benzene rings is 1. The molecule has 2 atom stereocenters. The van der Waals surface area contributed by atoms with Gasteiger partial charge in [-0.05, 0) is 30.9 Å². The first-order valence-corrected chi connectivity index (χ1v) is 7.46. The Hall–Kier alpha value is -1.02. The molecule has 0 spiro atoms. The normalized spacial score (nSPS) is 19.9. The van der Waals surface area contributed by atoms with Gasteiger partial charge in [-0.3, -0.25) is 0 Å². The van der Waals surface area contributed by atoms with Crippen LogP contribution in [0.1, 0.15) is 52.0 Å². The fraction of sp³-hybridized carbons (Fsp3) is 0.647. The van der Waals surface area contributed by atoms with Crippen LogP contribution in [0.3, 0.4) is 0 Å². The Balaban J connectivity index is 2.08. The molecule has 2 nitrogen and oxygen atoms in total. The number of hydrogen-bond donors (Lipinski definition) is 1. The van der Waals surface area contributed by atoms with Crippen LogP contribution >= 0.6 is 0 Å². The summed E-state index contributed by atoms with van der Waals surface area (Å²) in [7, 11) is 0. The highest BCUT2D eigenvalue weighted by Gasteiger charge is 2.31. The highest BCUT2D eigenvalue weighted by Crippen LogP contribution is 2.37. The Morgan fingerprint density at radius 2 is 2.05 bits per heavy atom. The molecule has 2 unspecified atom stereocenters. The van der Waals surface area contributed by atoms with Crippen LogP contribution in [0.4, 0.5) is 0 Å². The lowest BCUT2D eigenvalue weighted by Gasteiger charge is -2.27. The van der Waals surface area contributed by atoms with Crippen molar-refractivity contribution in [3.8, 4) is 5.75 Å². The van der Waals surface area contributed by atoms with Crippen LogP contribution in [0.2, 0.25) is 0 Å². The highest BCUT2D eigenvalue weighted by molar-refractivity contribution is 5.40. The molecule has 1 aromatic rings. The second-order valence-electron chi connectivity index (χ2n) is 6.72. The lowest BCUT2D eigenvalue weighted by Crippen LogP contribution is -2.36. The van der Waals surface area contributed by atoms with E-state index in [0.717, 1.165) is 18.9 Å². The SMILES string of the molecule is CCNC(CCC(C)(C)C)C1COc2ccccc21. The summed E-state index contributed by atoms with van der Waals surface area (Å²) in [5.41, 5.74) is 1.77. The Kier molecular flexibility index (Phi) is 4.51. The third kappa shape index (κ3) is 3.73. The number of rotatable bonds is 5. The molecule has 1 N–H and O–H groups in total. The summed E-state index contributed by atoms with van der Waals surface area (Å²) in [6.07, 6.45) is 2.45. The third-order valence-electron chi connectivity index (χ3n) is 3.89. The molecule has 0 saturated heterocycles. The van der Waals surface area contributed by atoms with E-state index in [1.807, 2.05) is 0 Å². The number of para-hydroxylation sites is 1. The summed E-state index contributed by atoms with van der Waals surface area (Å²) in [6.45, 7) is 11.0. The third-order valence-corrected chi connectivity index (χ3v) is 3.89. The summed E-state index contributed by atoms with van der Waals surface area (Å²) < 4.78 is 5.83. The van der Waals surface area contributed by atoms with Crippen LogP contribution in [0.15, 0.2) is 24.3 Å². The topological polar surface area (TPSA) is 21.3 Å². The van der Waals surface area contributed by atoms with Crippen molar-refractivity contribution < 1.29 is 4.74 Å². The molecule has 0 aromatic heterocycles. The molecular weight excluding hydrogens is 234 g/mol. The van der Waals surface area contributed by atoms with Crippen molar-refractivity contribution in [3.05, 3.63) is 29.8 Å². The van der Waals surface area contributed by atoms with Crippen LogP contribution in [-0.2, 0) is 0 Å². The zero-order chi connectivity index (χ0) is 13.9. The summed E-state index contributed by atoms with van der Waals surface area (Å²) in [6, 6.07) is 9.00. The van der Waals surface area contributed by atoms with Crippen molar-refractivity contribution in [2.24, 2.45) is 5.41 Å². The van der Waals surface area contributed by atoms with E-state index in [0.29, 0.717) is 17.4 Å². The molecule has 1 aromatic carbocycles. The van der Waals surface area contributed by atoms with Crippen molar-refractivity contribution in [2.75, 3.05) is 13.2 Å². The summed E-state index contributed by atoms with van der Waals surface area (Å²) in [5.74, 6) is 1.57. The van der Waals surface area contributed by atoms with E-state index in [2.05, 4.69) is 57.3 Å². The van der Waals surface area contributed by atoms with E-state index >= 15 is 0 Å². The van der Waals surface area contributed by atoms with Crippen molar-refractivity contribution in [3.63, 3.8) is 0 Å². The van der Waals surface area contributed by atoms with Gasteiger partial charge in [0.1, 0.15) is 5.75 Å². The molecule has 0 radical (unpaired) electrons. The van der Waals surface area contributed by atoms with E-state index < -0.39 is 0 Å². The van der Waals surface area contributed by atoms with Crippen LogP contribution in [0, 0.1) is 5.41 Å². The molecule has 0 saturated carbocycles.